The fourth-order valence-corrected chi connectivity index (χ4v) is 4.59. The van der Waals surface area contributed by atoms with Gasteiger partial charge in [-0.3, -0.25) is 9.69 Å². The van der Waals surface area contributed by atoms with E-state index in [2.05, 4.69) is 15.1 Å². The van der Waals surface area contributed by atoms with E-state index in [9.17, 15) is 9.18 Å². The Kier molecular flexibility index (Phi) is 7.54. The van der Waals surface area contributed by atoms with Crippen LogP contribution in [0.3, 0.4) is 0 Å². The molecule has 0 aromatic heterocycles. The van der Waals surface area contributed by atoms with E-state index in [4.69, 9.17) is 4.74 Å². The summed E-state index contributed by atoms with van der Waals surface area (Å²) in [5, 5.41) is 3.13. The van der Waals surface area contributed by atoms with Gasteiger partial charge in [0, 0.05) is 39.3 Å². The second-order valence-corrected chi connectivity index (χ2v) is 8.38. The highest BCUT2D eigenvalue weighted by Gasteiger charge is 2.32. The third-order valence-electron chi connectivity index (χ3n) is 6.30. The molecule has 0 radical (unpaired) electrons. The number of nitrogens with zero attached hydrogens (tertiary/aromatic N) is 2. The molecule has 1 amide bonds. The standard InChI is InChI=1S/C25H32FN3O2/c26-22-11-4-5-12-23(22)29-17-15-28(16-18-29)14-7-13-27-25(30)21-10-6-19-31-24(21)20-8-2-1-3-9-20/h1-5,8-9,11-12,21,24H,6-7,10,13-19H2,(H,27,30). The highest BCUT2D eigenvalue weighted by Crippen LogP contribution is 2.33. The van der Waals surface area contributed by atoms with Crippen molar-refractivity contribution in [2.45, 2.75) is 25.4 Å². The van der Waals surface area contributed by atoms with Crippen LogP contribution in [0.2, 0.25) is 0 Å². The quantitative estimate of drug-likeness (QED) is 0.689. The molecule has 2 fully saturated rings. The number of ether oxygens (including phenoxy) is 1. The minimum atomic E-state index is -0.154. The Morgan fingerprint density at radius 3 is 2.55 bits per heavy atom. The fraction of sp³-hybridized carbons (Fsp3) is 0.480. The molecule has 166 valence electrons. The molecule has 2 aliphatic heterocycles. The molecule has 2 aromatic rings. The molecule has 0 spiro atoms. The molecule has 2 aliphatic rings. The number of carbonyl (C=O) groups excluding carboxylic acids is 1. The summed E-state index contributed by atoms with van der Waals surface area (Å²) < 4.78 is 19.9. The highest BCUT2D eigenvalue weighted by molar-refractivity contribution is 5.79. The van der Waals surface area contributed by atoms with Crippen LogP contribution in [-0.2, 0) is 9.53 Å². The summed E-state index contributed by atoms with van der Waals surface area (Å²) >= 11 is 0. The van der Waals surface area contributed by atoms with Gasteiger partial charge >= 0.3 is 0 Å². The number of nitrogens with one attached hydrogen (secondary N) is 1. The topological polar surface area (TPSA) is 44.8 Å². The van der Waals surface area contributed by atoms with Crippen molar-refractivity contribution in [3.63, 3.8) is 0 Å². The average Bonchev–Trinajstić information content (AvgIpc) is 2.83. The Bertz CT molecular complexity index is 840. The molecule has 0 aliphatic carbocycles. The first-order chi connectivity index (χ1) is 15.2. The predicted octanol–water partition coefficient (Wildman–Crippen LogP) is 3.62. The molecular formula is C25H32FN3O2. The smallest absolute Gasteiger partial charge is 0.226 e. The van der Waals surface area contributed by atoms with Gasteiger partial charge in [0.25, 0.3) is 0 Å². The van der Waals surface area contributed by atoms with Crippen molar-refractivity contribution < 1.29 is 13.9 Å². The lowest BCUT2D eigenvalue weighted by atomic mass is 9.89. The number of hydrogen-bond acceptors (Lipinski definition) is 4. The number of anilines is 1. The van der Waals surface area contributed by atoms with Gasteiger partial charge in [-0.1, -0.05) is 42.5 Å². The summed E-state index contributed by atoms with van der Waals surface area (Å²) in [6, 6.07) is 17.0. The summed E-state index contributed by atoms with van der Waals surface area (Å²) in [7, 11) is 0. The van der Waals surface area contributed by atoms with Gasteiger partial charge in [0.05, 0.1) is 17.7 Å². The van der Waals surface area contributed by atoms with Crippen LogP contribution in [0.1, 0.15) is 30.9 Å². The van der Waals surface area contributed by atoms with Crippen LogP contribution in [-0.4, -0.2) is 56.7 Å². The number of benzene rings is 2. The highest BCUT2D eigenvalue weighted by atomic mass is 19.1. The van der Waals surface area contributed by atoms with Crippen molar-refractivity contribution in [1.29, 1.82) is 0 Å². The molecule has 0 bridgehead atoms. The number of halogens is 1. The first-order valence-electron chi connectivity index (χ1n) is 11.4. The maximum atomic E-state index is 14.0. The Labute approximate surface area is 184 Å². The molecule has 2 heterocycles. The fourth-order valence-electron chi connectivity index (χ4n) is 4.59. The first-order valence-corrected chi connectivity index (χ1v) is 11.4. The molecule has 1 N–H and O–H groups in total. The lowest BCUT2D eigenvalue weighted by Gasteiger charge is -2.36. The van der Waals surface area contributed by atoms with E-state index < -0.39 is 0 Å². The predicted molar refractivity (Wildman–Crippen MR) is 121 cm³/mol. The molecule has 6 heteroatoms. The lowest BCUT2D eigenvalue weighted by molar-refractivity contribution is -0.134. The van der Waals surface area contributed by atoms with Gasteiger partial charge in [0.2, 0.25) is 5.91 Å². The summed E-state index contributed by atoms with van der Waals surface area (Å²) in [5.41, 5.74) is 1.77. The van der Waals surface area contributed by atoms with Gasteiger partial charge in [0.15, 0.2) is 0 Å². The van der Waals surface area contributed by atoms with Crippen molar-refractivity contribution in [2.75, 3.05) is 50.8 Å². The van der Waals surface area contributed by atoms with Gasteiger partial charge in [0.1, 0.15) is 5.82 Å². The first kappa shape index (κ1) is 21.8. The van der Waals surface area contributed by atoms with Crippen molar-refractivity contribution in [3.8, 4) is 0 Å². The summed E-state index contributed by atoms with van der Waals surface area (Å²) in [5.74, 6) is -0.183. The summed E-state index contributed by atoms with van der Waals surface area (Å²) in [4.78, 5) is 17.3. The largest absolute Gasteiger partial charge is 0.373 e. The number of carbonyl (C=O) groups is 1. The minimum absolute atomic E-state index is 0.0953. The van der Waals surface area contributed by atoms with Gasteiger partial charge in [-0.05, 0) is 43.5 Å². The maximum Gasteiger partial charge on any atom is 0.226 e. The van der Waals surface area contributed by atoms with E-state index in [1.165, 1.54) is 6.07 Å². The third kappa shape index (κ3) is 5.63. The van der Waals surface area contributed by atoms with E-state index in [1.54, 1.807) is 6.07 Å². The van der Waals surface area contributed by atoms with Crippen molar-refractivity contribution in [1.82, 2.24) is 10.2 Å². The van der Waals surface area contributed by atoms with Crippen molar-refractivity contribution in [3.05, 3.63) is 66.0 Å². The van der Waals surface area contributed by atoms with Gasteiger partial charge < -0.3 is 15.0 Å². The zero-order chi connectivity index (χ0) is 21.5. The molecule has 31 heavy (non-hydrogen) atoms. The molecule has 0 saturated carbocycles. The monoisotopic (exact) mass is 425 g/mol. The summed E-state index contributed by atoms with van der Waals surface area (Å²) in [6.07, 6.45) is 2.55. The number of rotatable bonds is 7. The minimum Gasteiger partial charge on any atom is -0.373 e. The molecule has 4 rings (SSSR count). The average molecular weight is 426 g/mol. The SMILES string of the molecule is O=C(NCCCN1CCN(c2ccccc2F)CC1)C1CCCOC1c1ccccc1. The van der Waals surface area contributed by atoms with E-state index in [1.807, 2.05) is 42.5 Å². The molecule has 2 aromatic carbocycles. The zero-order valence-electron chi connectivity index (χ0n) is 18.0. The Hall–Kier alpha value is -2.44. The molecule has 2 unspecified atom stereocenters. The number of piperazine rings is 1. The van der Waals surface area contributed by atoms with Gasteiger partial charge in [-0.25, -0.2) is 4.39 Å². The number of amides is 1. The van der Waals surface area contributed by atoms with E-state index in [-0.39, 0.29) is 23.7 Å². The Balaban J connectivity index is 1.19. The van der Waals surface area contributed by atoms with Crippen molar-refractivity contribution in [2.24, 2.45) is 5.92 Å². The lowest BCUT2D eigenvalue weighted by Crippen LogP contribution is -2.47. The second-order valence-electron chi connectivity index (χ2n) is 8.38. The molecule has 5 nitrogen and oxygen atoms in total. The van der Waals surface area contributed by atoms with Crippen molar-refractivity contribution >= 4 is 11.6 Å². The van der Waals surface area contributed by atoms with Crippen LogP contribution in [0, 0.1) is 11.7 Å². The number of para-hydroxylation sites is 1. The van der Waals surface area contributed by atoms with Crippen LogP contribution in [0.25, 0.3) is 0 Å². The van der Waals surface area contributed by atoms with E-state index in [0.717, 1.165) is 57.5 Å². The zero-order valence-corrected chi connectivity index (χ0v) is 18.0. The second kappa shape index (κ2) is 10.7. The van der Waals surface area contributed by atoms with Crippen LogP contribution >= 0.6 is 0 Å². The van der Waals surface area contributed by atoms with Crippen LogP contribution in [0.15, 0.2) is 54.6 Å². The van der Waals surface area contributed by atoms with Gasteiger partial charge in [-0.15, -0.1) is 0 Å². The molecule has 2 saturated heterocycles. The number of hydrogen-bond donors (Lipinski definition) is 1. The van der Waals surface area contributed by atoms with Crippen LogP contribution in [0.5, 0.6) is 0 Å². The third-order valence-corrected chi connectivity index (χ3v) is 6.30. The van der Waals surface area contributed by atoms with E-state index in [0.29, 0.717) is 18.8 Å². The Morgan fingerprint density at radius 1 is 1.03 bits per heavy atom. The molecular weight excluding hydrogens is 393 g/mol. The normalized spacial score (nSPS) is 22.3. The van der Waals surface area contributed by atoms with Crippen LogP contribution in [0.4, 0.5) is 10.1 Å². The summed E-state index contributed by atoms with van der Waals surface area (Å²) in [6.45, 7) is 5.79. The van der Waals surface area contributed by atoms with E-state index >= 15 is 0 Å². The molecule has 2 atom stereocenters. The Morgan fingerprint density at radius 2 is 1.77 bits per heavy atom. The van der Waals surface area contributed by atoms with Gasteiger partial charge in [-0.2, -0.15) is 0 Å². The van der Waals surface area contributed by atoms with Crippen LogP contribution < -0.4 is 10.2 Å². The maximum absolute atomic E-state index is 14.0.